The minimum absolute atomic E-state index is 0.102. The van der Waals surface area contributed by atoms with Crippen molar-refractivity contribution in [2.75, 3.05) is 6.54 Å². The number of carbonyl (C=O) groups is 1. The Morgan fingerprint density at radius 2 is 2.09 bits per heavy atom. The monoisotopic (exact) mass is 324 g/mol. The summed E-state index contributed by atoms with van der Waals surface area (Å²) < 4.78 is 5.34. The van der Waals surface area contributed by atoms with Gasteiger partial charge in [0.1, 0.15) is 0 Å². The van der Waals surface area contributed by atoms with Crippen molar-refractivity contribution in [3.8, 4) is 10.6 Å². The lowest BCUT2D eigenvalue weighted by Crippen LogP contribution is -2.36. The van der Waals surface area contributed by atoms with Gasteiger partial charge < -0.3 is 9.42 Å². The number of hydrogen-bond acceptors (Lipinski definition) is 4. The molecular weight excluding hydrogens is 308 g/mol. The van der Waals surface area contributed by atoms with Crippen molar-refractivity contribution in [3.05, 3.63) is 64.7 Å². The Labute approximate surface area is 138 Å². The minimum atomic E-state index is 0.102. The molecule has 5 heteroatoms. The number of rotatable bonds is 3. The maximum Gasteiger partial charge on any atom is 0.229 e. The van der Waals surface area contributed by atoms with Crippen LogP contribution in [0.3, 0.4) is 0 Å². The second kappa shape index (κ2) is 6.01. The lowest BCUT2D eigenvalue weighted by Gasteiger charge is -2.28. The Bertz CT molecular complexity index is 823. The smallest absolute Gasteiger partial charge is 0.229 e. The molecule has 0 N–H and O–H groups in total. The fourth-order valence-electron chi connectivity index (χ4n) is 2.91. The van der Waals surface area contributed by atoms with Gasteiger partial charge in [0.05, 0.1) is 17.0 Å². The number of nitrogens with zero attached hydrogens (tertiary/aromatic N) is 2. The number of carbonyl (C=O) groups excluding carboxylic acids is 1. The zero-order valence-corrected chi connectivity index (χ0v) is 13.4. The first-order valence-corrected chi connectivity index (χ1v) is 8.51. The Morgan fingerprint density at radius 3 is 2.91 bits per heavy atom. The summed E-state index contributed by atoms with van der Waals surface area (Å²) in [6.07, 6.45) is 1.21. The van der Waals surface area contributed by atoms with Gasteiger partial charge in [-0.05, 0) is 29.0 Å². The summed E-state index contributed by atoms with van der Waals surface area (Å²) in [5.74, 6) is 0.831. The summed E-state index contributed by atoms with van der Waals surface area (Å²) in [6.45, 7) is 1.45. The number of hydrogen-bond donors (Lipinski definition) is 0. The fourth-order valence-corrected chi connectivity index (χ4v) is 3.58. The highest BCUT2D eigenvalue weighted by atomic mass is 32.1. The molecular formula is C18H16N2O2S. The summed E-state index contributed by atoms with van der Waals surface area (Å²) in [5.41, 5.74) is 3.28. The van der Waals surface area contributed by atoms with Gasteiger partial charge in [-0.25, -0.2) is 0 Å². The quantitative estimate of drug-likeness (QED) is 0.740. The number of aromatic nitrogens is 1. The molecule has 3 heterocycles. The van der Waals surface area contributed by atoms with E-state index in [1.54, 1.807) is 11.3 Å². The van der Waals surface area contributed by atoms with Crippen LogP contribution in [0.4, 0.5) is 0 Å². The third-order valence-electron chi connectivity index (χ3n) is 4.14. The summed E-state index contributed by atoms with van der Waals surface area (Å²) in [6, 6.07) is 14.1. The zero-order chi connectivity index (χ0) is 15.6. The molecule has 116 valence electrons. The van der Waals surface area contributed by atoms with Crippen LogP contribution in [0.1, 0.15) is 16.8 Å². The lowest BCUT2D eigenvalue weighted by atomic mass is 9.99. The largest absolute Gasteiger partial charge is 0.355 e. The van der Waals surface area contributed by atoms with Gasteiger partial charge in [0.2, 0.25) is 5.91 Å². The van der Waals surface area contributed by atoms with E-state index in [4.69, 9.17) is 4.52 Å². The van der Waals surface area contributed by atoms with E-state index in [9.17, 15) is 4.79 Å². The second-order valence-corrected chi connectivity index (χ2v) is 6.62. The first-order valence-electron chi connectivity index (χ1n) is 7.63. The van der Waals surface area contributed by atoms with E-state index in [-0.39, 0.29) is 12.3 Å². The molecule has 1 aliphatic rings. The van der Waals surface area contributed by atoms with E-state index in [1.807, 2.05) is 34.5 Å². The van der Waals surface area contributed by atoms with Crippen LogP contribution in [-0.2, 0) is 24.2 Å². The van der Waals surface area contributed by atoms with Gasteiger partial charge in [0, 0.05) is 19.2 Å². The maximum atomic E-state index is 12.5. The highest BCUT2D eigenvalue weighted by molar-refractivity contribution is 7.13. The van der Waals surface area contributed by atoms with E-state index in [0.717, 1.165) is 23.6 Å². The molecule has 0 atom stereocenters. The van der Waals surface area contributed by atoms with Crippen LogP contribution < -0.4 is 0 Å². The first-order chi connectivity index (χ1) is 11.3. The number of fused-ring (bicyclic) bond motifs is 1. The van der Waals surface area contributed by atoms with Crippen molar-refractivity contribution in [3.63, 3.8) is 0 Å². The molecule has 0 spiro atoms. The Balaban J connectivity index is 1.45. The summed E-state index contributed by atoms with van der Waals surface area (Å²) in [5, 5.41) is 6.03. The van der Waals surface area contributed by atoms with Gasteiger partial charge in [-0.15, -0.1) is 11.3 Å². The SMILES string of the molecule is O=C(Cc1cc(-c2cccs2)on1)N1CCc2ccccc2C1. The van der Waals surface area contributed by atoms with E-state index in [0.29, 0.717) is 12.2 Å². The van der Waals surface area contributed by atoms with Gasteiger partial charge >= 0.3 is 0 Å². The molecule has 0 aliphatic carbocycles. The molecule has 23 heavy (non-hydrogen) atoms. The third kappa shape index (κ3) is 2.92. The van der Waals surface area contributed by atoms with Gasteiger partial charge in [0.25, 0.3) is 0 Å². The Hall–Kier alpha value is -2.40. The molecule has 0 saturated heterocycles. The van der Waals surface area contributed by atoms with Crippen LogP contribution >= 0.6 is 11.3 Å². The van der Waals surface area contributed by atoms with Crippen molar-refractivity contribution in [2.45, 2.75) is 19.4 Å². The average molecular weight is 324 g/mol. The van der Waals surface area contributed by atoms with Crippen LogP contribution in [0.2, 0.25) is 0 Å². The predicted octanol–water partition coefficient (Wildman–Crippen LogP) is 3.53. The first kappa shape index (κ1) is 14.2. The summed E-state index contributed by atoms with van der Waals surface area (Å²) in [4.78, 5) is 15.5. The molecule has 1 aliphatic heterocycles. The molecule has 4 rings (SSSR count). The summed E-state index contributed by atoms with van der Waals surface area (Å²) >= 11 is 1.60. The lowest BCUT2D eigenvalue weighted by molar-refractivity contribution is -0.131. The highest BCUT2D eigenvalue weighted by Gasteiger charge is 2.21. The van der Waals surface area contributed by atoms with Crippen molar-refractivity contribution >= 4 is 17.2 Å². The molecule has 1 amide bonds. The molecule has 1 aromatic carbocycles. The van der Waals surface area contributed by atoms with Gasteiger partial charge in [-0.3, -0.25) is 4.79 Å². The topological polar surface area (TPSA) is 46.3 Å². The maximum absolute atomic E-state index is 12.5. The molecule has 0 unspecified atom stereocenters. The Morgan fingerprint density at radius 1 is 1.22 bits per heavy atom. The van der Waals surface area contributed by atoms with Crippen LogP contribution in [-0.4, -0.2) is 22.5 Å². The molecule has 2 aromatic heterocycles. The number of amides is 1. The molecule has 3 aromatic rings. The average Bonchev–Trinajstić information content (AvgIpc) is 3.25. The van der Waals surface area contributed by atoms with Crippen molar-refractivity contribution in [1.29, 1.82) is 0 Å². The normalized spacial score (nSPS) is 13.8. The minimum Gasteiger partial charge on any atom is -0.355 e. The van der Waals surface area contributed by atoms with Crippen LogP contribution in [0.15, 0.2) is 52.4 Å². The van der Waals surface area contributed by atoms with Crippen molar-refractivity contribution < 1.29 is 9.32 Å². The predicted molar refractivity (Wildman–Crippen MR) is 89.1 cm³/mol. The van der Waals surface area contributed by atoms with Gasteiger partial charge in [-0.2, -0.15) is 0 Å². The van der Waals surface area contributed by atoms with E-state index in [1.165, 1.54) is 11.1 Å². The van der Waals surface area contributed by atoms with Crippen LogP contribution in [0.5, 0.6) is 0 Å². The number of thiophene rings is 1. The Kier molecular flexibility index (Phi) is 3.71. The van der Waals surface area contributed by atoms with E-state index < -0.39 is 0 Å². The zero-order valence-electron chi connectivity index (χ0n) is 12.6. The highest BCUT2D eigenvalue weighted by Crippen LogP contribution is 2.25. The summed E-state index contributed by atoms with van der Waals surface area (Å²) in [7, 11) is 0. The van der Waals surface area contributed by atoms with Crippen LogP contribution in [0.25, 0.3) is 10.6 Å². The molecule has 0 radical (unpaired) electrons. The number of benzene rings is 1. The second-order valence-electron chi connectivity index (χ2n) is 5.67. The van der Waals surface area contributed by atoms with Crippen LogP contribution in [0, 0.1) is 0 Å². The molecule has 0 saturated carbocycles. The molecule has 4 nitrogen and oxygen atoms in total. The standard InChI is InChI=1S/C18H16N2O2S/c21-18(20-8-7-13-4-1-2-5-14(13)12-20)11-15-10-16(22-19-15)17-6-3-9-23-17/h1-6,9-10H,7-8,11-12H2. The van der Waals surface area contributed by atoms with Crippen molar-refractivity contribution in [1.82, 2.24) is 10.1 Å². The third-order valence-corrected chi connectivity index (χ3v) is 5.02. The molecule has 0 bridgehead atoms. The van der Waals surface area contributed by atoms with E-state index >= 15 is 0 Å². The van der Waals surface area contributed by atoms with E-state index in [2.05, 4.69) is 23.4 Å². The van der Waals surface area contributed by atoms with Gasteiger partial charge in [-0.1, -0.05) is 35.5 Å². The fraction of sp³-hybridized carbons (Fsp3) is 0.222. The van der Waals surface area contributed by atoms with Gasteiger partial charge in [0.15, 0.2) is 5.76 Å². The molecule has 0 fully saturated rings. The van der Waals surface area contributed by atoms with Crippen molar-refractivity contribution in [2.24, 2.45) is 0 Å².